The summed E-state index contributed by atoms with van der Waals surface area (Å²) in [5.74, 6) is 1.85. The summed E-state index contributed by atoms with van der Waals surface area (Å²) >= 11 is 0. The predicted molar refractivity (Wildman–Crippen MR) is 90.8 cm³/mol. The van der Waals surface area contributed by atoms with Crippen molar-refractivity contribution in [2.45, 2.75) is 47.0 Å². The Morgan fingerprint density at radius 2 is 1.94 bits per heavy atom. The molecule has 18 heavy (non-hydrogen) atoms. The van der Waals surface area contributed by atoms with E-state index >= 15 is 0 Å². The molecule has 1 fully saturated rings. The number of nitrogens with one attached hydrogen (secondary N) is 1. The van der Waals surface area contributed by atoms with Crippen LogP contribution in [0.15, 0.2) is 4.99 Å². The second kappa shape index (κ2) is 8.23. The van der Waals surface area contributed by atoms with E-state index in [-0.39, 0.29) is 24.0 Å². The van der Waals surface area contributed by atoms with Crippen LogP contribution in [-0.2, 0) is 0 Å². The minimum Gasteiger partial charge on any atom is -0.356 e. The molecule has 0 aliphatic carbocycles. The van der Waals surface area contributed by atoms with E-state index in [0.717, 1.165) is 31.5 Å². The van der Waals surface area contributed by atoms with Gasteiger partial charge in [0.2, 0.25) is 0 Å². The average Bonchev–Trinajstić information content (AvgIpc) is 2.65. The molecule has 0 aromatic carbocycles. The van der Waals surface area contributed by atoms with Gasteiger partial charge in [-0.05, 0) is 17.8 Å². The maximum absolute atomic E-state index is 4.41. The van der Waals surface area contributed by atoms with E-state index in [9.17, 15) is 0 Å². The van der Waals surface area contributed by atoms with E-state index in [2.05, 4.69) is 42.9 Å². The first-order valence-electron chi connectivity index (χ1n) is 6.98. The second-order valence-corrected chi connectivity index (χ2v) is 5.95. The van der Waals surface area contributed by atoms with E-state index in [4.69, 9.17) is 0 Å². The summed E-state index contributed by atoms with van der Waals surface area (Å²) < 4.78 is 0. The van der Waals surface area contributed by atoms with Crippen molar-refractivity contribution in [3.63, 3.8) is 0 Å². The van der Waals surface area contributed by atoms with Crippen molar-refractivity contribution in [2.75, 3.05) is 26.7 Å². The lowest BCUT2D eigenvalue weighted by molar-refractivity contribution is 0.367. The summed E-state index contributed by atoms with van der Waals surface area (Å²) in [7, 11) is 1.89. The summed E-state index contributed by atoms with van der Waals surface area (Å²) in [6.45, 7) is 12.5. The normalized spacial score (nSPS) is 19.0. The Hall–Kier alpha value is 0. The smallest absolute Gasteiger partial charge is 0.193 e. The molecule has 0 atom stereocenters. The monoisotopic (exact) mass is 367 g/mol. The summed E-state index contributed by atoms with van der Waals surface area (Å²) in [5.41, 5.74) is 0.437. The van der Waals surface area contributed by atoms with Crippen LogP contribution in [0.2, 0.25) is 0 Å². The van der Waals surface area contributed by atoms with Crippen LogP contribution in [0.3, 0.4) is 0 Å². The molecule has 0 amide bonds. The molecule has 4 heteroatoms. The molecular weight excluding hydrogens is 337 g/mol. The number of hydrogen-bond donors (Lipinski definition) is 1. The summed E-state index contributed by atoms with van der Waals surface area (Å²) in [4.78, 5) is 6.80. The molecule has 0 saturated carbocycles. The van der Waals surface area contributed by atoms with Crippen molar-refractivity contribution in [2.24, 2.45) is 16.3 Å². The maximum Gasteiger partial charge on any atom is 0.193 e. The summed E-state index contributed by atoms with van der Waals surface area (Å²) in [6.07, 6.45) is 3.75. The van der Waals surface area contributed by atoms with Gasteiger partial charge in [0.1, 0.15) is 0 Å². The molecule has 1 rings (SSSR count). The van der Waals surface area contributed by atoms with Gasteiger partial charge in [-0.15, -0.1) is 24.0 Å². The fourth-order valence-electron chi connectivity index (χ4n) is 2.44. The highest BCUT2D eigenvalue weighted by Gasteiger charge is 2.30. The van der Waals surface area contributed by atoms with Crippen molar-refractivity contribution >= 4 is 29.9 Å². The van der Waals surface area contributed by atoms with Gasteiger partial charge >= 0.3 is 0 Å². The maximum atomic E-state index is 4.41. The molecule has 0 aromatic rings. The van der Waals surface area contributed by atoms with Crippen LogP contribution in [-0.4, -0.2) is 37.5 Å². The SMILES string of the molecule is CCC(CC)CNC(=NC)N1CCC(C)(C)C1.I. The van der Waals surface area contributed by atoms with Crippen LogP contribution in [0.5, 0.6) is 0 Å². The molecule has 0 spiro atoms. The standard InChI is InChI=1S/C14H29N3.HI/c1-6-12(7-2)10-16-13(15-5)17-9-8-14(3,4)11-17;/h12H,6-11H2,1-5H3,(H,15,16);1H. The lowest BCUT2D eigenvalue weighted by Crippen LogP contribution is -2.42. The quantitative estimate of drug-likeness (QED) is 0.469. The zero-order valence-corrected chi connectivity index (χ0v) is 15.0. The third-order valence-corrected chi connectivity index (χ3v) is 3.89. The topological polar surface area (TPSA) is 27.6 Å². The highest BCUT2D eigenvalue weighted by Crippen LogP contribution is 2.28. The largest absolute Gasteiger partial charge is 0.356 e. The van der Waals surface area contributed by atoms with Crippen molar-refractivity contribution in [3.05, 3.63) is 0 Å². The first-order valence-corrected chi connectivity index (χ1v) is 6.98. The second-order valence-electron chi connectivity index (χ2n) is 5.95. The lowest BCUT2D eigenvalue weighted by atomic mass is 9.93. The number of hydrogen-bond acceptors (Lipinski definition) is 1. The minimum absolute atomic E-state index is 0. The Balaban J connectivity index is 0.00000289. The van der Waals surface area contributed by atoms with Gasteiger partial charge in [-0.1, -0.05) is 40.5 Å². The van der Waals surface area contributed by atoms with E-state index in [1.807, 2.05) is 7.05 Å². The molecule has 0 bridgehead atoms. The van der Waals surface area contributed by atoms with Gasteiger partial charge in [-0.3, -0.25) is 4.99 Å². The van der Waals surface area contributed by atoms with E-state index in [1.165, 1.54) is 19.3 Å². The molecule has 1 saturated heterocycles. The van der Waals surface area contributed by atoms with Crippen molar-refractivity contribution < 1.29 is 0 Å². The molecule has 3 nitrogen and oxygen atoms in total. The number of guanidine groups is 1. The Kier molecular flexibility index (Phi) is 8.23. The lowest BCUT2D eigenvalue weighted by Gasteiger charge is -2.25. The molecule has 0 radical (unpaired) electrons. The molecule has 0 unspecified atom stereocenters. The van der Waals surface area contributed by atoms with E-state index < -0.39 is 0 Å². The van der Waals surface area contributed by atoms with Gasteiger partial charge in [0, 0.05) is 26.7 Å². The molecular formula is C14H30IN3. The highest BCUT2D eigenvalue weighted by molar-refractivity contribution is 14.0. The van der Waals surface area contributed by atoms with Gasteiger partial charge < -0.3 is 10.2 Å². The van der Waals surface area contributed by atoms with Gasteiger partial charge in [-0.2, -0.15) is 0 Å². The Morgan fingerprint density at radius 1 is 1.33 bits per heavy atom. The van der Waals surface area contributed by atoms with Crippen LogP contribution in [0.1, 0.15) is 47.0 Å². The van der Waals surface area contributed by atoms with E-state index in [1.54, 1.807) is 0 Å². The first-order chi connectivity index (χ1) is 8.02. The number of rotatable bonds is 4. The molecule has 1 N–H and O–H groups in total. The minimum atomic E-state index is 0. The molecule has 1 aliphatic rings. The van der Waals surface area contributed by atoms with E-state index in [0.29, 0.717) is 5.41 Å². The van der Waals surface area contributed by atoms with Crippen LogP contribution >= 0.6 is 24.0 Å². The van der Waals surface area contributed by atoms with Gasteiger partial charge in [-0.25, -0.2) is 0 Å². The molecule has 0 aromatic heterocycles. The molecule has 1 aliphatic heterocycles. The number of nitrogens with zero attached hydrogens (tertiary/aromatic N) is 2. The van der Waals surface area contributed by atoms with Gasteiger partial charge in [0.25, 0.3) is 0 Å². The van der Waals surface area contributed by atoms with Crippen LogP contribution in [0.4, 0.5) is 0 Å². The van der Waals surface area contributed by atoms with Crippen molar-refractivity contribution in [3.8, 4) is 0 Å². The van der Waals surface area contributed by atoms with Crippen LogP contribution in [0, 0.1) is 11.3 Å². The first kappa shape index (κ1) is 18.0. The predicted octanol–water partition coefficient (Wildman–Crippen LogP) is 3.35. The Labute approximate surface area is 130 Å². The number of aliphatic imine (C=N–C) groups is 1. The zero-order chi connectivity index (χ0) is 12.9. The number of halogens is 1. The highest BCUT2D eigenvalue weighted by atomic mass is 127. The van der Waals surface area contributed by atoms with Crippen molar-refractivity contribution in [1.29, 1.82) is 0 Å². The Morgan fingerprint density at radius 3 is 2.33 bits per heavy atom. The van der Waals surface area contributed by atoms with Gasteiger partial charge in [0.05, 0.1) is 0 Å². The fraction of sp³-hybridized carbons (Fsp3) is 0.929. The van der Waals surface area contributed by atoms with Crippen LogP contribution < -0.4 is 5.32 Å². The molecule has 1 heterocycles. The average molecular weight is 367 g/mol. The van der Waals surface area contributed by atoms with Gasteiger partial charge in [0.15, 0.2) is 5.96 Å². The Bertz CT molecular complexity index is 260. The summed E-state index contributed by atoms with van der Waals surface area (Å²) in [6, 6.07) is 0. The van der Waals surface area contributed by atoms with Crippen molar-refractivity contribution in [1.82, 2.24) is 10.2 Å². The third-order valence-electron chi connectivity index (χ3n) is 3.89. The summed E-state index contributed by atoms with van der Waals surface area (Å²) in [5, 5.41) is 3.53. The van der Waals surface area contributed by atoms with Crippen LogP contribution in [0.25, 0.3) is 0 Å². The zero-order valence-electron chi connectivity index (χ0n) is 12.6. The third kappa shape index (κ3) is 5.33. The molecule has 108 valence electrons. The fourth-order valence-corrected chi connectivity index (χ4v) is 2.44. The number of likely N-dealkylation sites (tertiary alicyclic amines) is 1.